The maximum Gasteiger partial charge on any atom is 0.0318 e. The molecule has 3 N–H and O–H groups in total. The van der Waals surface area contributed by atoms with Crippen molar-refractivity contribution < 1.29 is 0 Å². The summed E-state index contributed by atoms with van der Waals surface area (Å²) in [5.74, 6) is 0. The molecule has 0 spiro atoms. The number of aryl methyl sites for hydroxylation is 1. The van der Waals surface area contributed by atoms with Crippen LogP contribution in [0.3, 0.4) is 0 Å². The van der Waals surface area contributed by atoms with Crippen LogP contribution in [0.15, 0.2) is 24.3 Å². The summed E-state index contributed by atoms with van der Waals surface area (Å²) in [6.07, 6.45) is 2.09. The van der Waals surface area contributed by atoms with Crippen LogP contribution in [0.1, 0.15) is 43.9 Å². The lowest BCUT2D eigenvalue weighted by Gasteiger charge is -2.23. The Morgan fingerprint density at radius 2 is 2.06 bits per heavy atom. The number of hydrogen-bond donors (Lipinski definition) is 2. The molecule has 0 aliphatic heterocycles. The summed E-state index contributed by atoms with van der Waals surface area (Å²) in [7, 11) is 2.01. The van der Waals surface area contributed by atoms with Crippen molar-refractivity contribution >= 4 is 0 Å². The minimum atomic E-state index is -0.0844. The van der Waals surface area contributed by atoms with Crippen LogP contribution in [0, 0.1) is 6.92 Å². The molecule has 0 fully saturated rings. The normalized spacial score (nSPS) is 13.8. The highest BCUT2D eigenvalue weighted by molar-refractivity contribution is 5.25. The third-order valence-electron chi connectivity index (χ3n) is 2.87. The van der Waals surface area contributed by atoms with E-state index >= 15 is 0 Å². The van der Waals surface area contributed by atoms with E-state index in [1.54, 1.807) is 0 Å². The van der Waals surface area contributed by atoms with Crippen molar-refractivity contribution in [2.24, 2.45) is 5.73 Å². The van der Waals surface area contributed by atoms with Gasteiger partial charge in [-0.2, -0.15) is 0 Å². The van der Waals surface area contributed by atoms with Crippen molar-refractivity contribution in [2.45, 2.75) is 45.2 Å². The van der Waals surface area contributed by atoms with Gasteiger partial charge in [-0.1, -0.05) is 29.8 Å². The molecule has 0 bridgehead atoms. The Morgan fingerprint density at radius 1 is 1.38 bits per heavy atom. The Balaban J connectivity index is 2.68. The van der Waals surface area contributed by atoms with Gasteiger partial charge in [0.15, 0.2) is 0 Å². The first-order valence-electron chi connectivity index (χ1n) is 5.95. The highest BCUT2D eigenvalue weighted by Crippen LogP contribution is 2.22. The van der Waals surface area contributed by atoms with E-state index in [2.05, 4.69) is 50.4 Å². The van der Waals surface area contributed by atoms with Gasteiger partial charge in [0, 0.05) is 11.6 Å². The van der Waals surface area contributed by atoms with Gasteiger partial charge in [0.05, 0.1) is 0 Å². The molecule has 1 aromatic rings. The third-order valence-corrected chi connectivity index (χ3v) is 2.87. The van der Waals surface area contributed by atoms with Gasteiger partial charge in [-0.3, -0.25) is 0 Å². The van der Waals surface area contributed by atoms with Gasteiger partial charge in [-0.25, -0.2) is 0 Å². The van der Waals surface area contributed by atoms with Crippen LogP contribution < -0.4 is 11.1 Å². The molecule has 0 amide bonds. The summed E-state index contributed by atoms with van der Waals surface area (Å²) in [5.41, 5.74) is 8.60. The molecule has 1 aromatic carbocycles. The summed E-state index contributed by atoms with van der Waals surface area (Å²) >= 11 is 0. The first kappa shape index (κ1) is 13.2. The van der Waals surface area contributed by atoms with E-state index in [1.807, 2.05) is 7.05 Å². The number of nitrogens with two attached hydrogens (primary N) is 1. The Morgan fingerprint density at radius 3 is 2.56 bits per heavy atom. The topological polar surface area (TPSA) is 38.0 Å². The molecular formula is C14H24N2. The lowest BCUT2D eigenvalue weighted by Crippen LogP contribution is -2.33. The average Bonchev–Trinajstić information content (AvgIpc) is 2.17. The van der Waals surface area contributed by atoms with Gasteiger partial charge >= 0.3 is 0 Å². The fourth-order valence-electron chi connectivity index (χ4n) is 1.88. The standard InChI is InChI=1S/C14H24N2/c1-11-6-5-7-12(10-11)13(16-4)8-9-14(2,3)15/h5-7,10,13,16H,8-9,15H2,1-4H3. The van der Waals surface area contributed by atoms with E-state index in [-0.39, 0.29) is 5.54 Å². The van der Waals surface area contributed by atoms with Crippen LogP contribution in [0.5, 0.6) is 0 Å². The van der Waals surface area contributed by atoms with Gasteiger partial charge in [0.2, 0.25) is 0 Å². The lowest BCUT2D eigenvalue weighted by atomic mass is 9.93. The highest BCUT2D eigenvalue weighted by Gasteiger charge is 2.15. The first-order valence-corrected chi connectivity index (χ1v) is 5.95. The number of benzene rings is 1. The molecule has 0 radical (unpaired) electrons. The largest absolute Gasteiger partial charge is 0.326 e. The second kappa shape index (κ2) is 5.46. The molecule has 2 nitrogen and oxygen atoms in total. The molecule has 16 heavy (non-hydrogen) atoms. The summed E-state index contributed by atoms with van der Waals surface area (Å²) in [6, 6.07) is 9.07. The predicted octanol–water partition coefficient (Wildman–Crippen LogP) is 2.77. The number of hydrogen-bond acceptors (Lipinski definition) is 2. The molecule has 0 saturated carbocycles. The van der Waals surface area contributed by atoms with E-state index < -0.39 is 0 Å². The van der Waals surface area contributed by atoms with Crippen molar-refractivity contribution in [1.82, 2.24) is 5.32 Å². The Bertz CT molecular complexity index is 326. The maximum atomic E-state index is 6.02. The molecule has 0 aliphatic rings. The van der Waals surface area contributed by atoms with Crippen LogP contribution in [-0.4, -0.2) is 12.6 Å². The van der Waals surface area contributed by atoms with Crippen molar-refractivity contribution in [2.75, 3.05) is 7.05 Å². The van der Waals surface area contributed by atoms with Gasteiger partial charge in [-0.05, 0) is 46.2 Å². The minimum absolute atomic E-state index is 0.0844. The second-order valence-corrected chi connectivity index (χ2v) is 5.28. The zero-order valence-corrected chi connectivity index (χ0v) is 10.9. The Labute approximate surface area is 99.2 Å². The molecule has 0 aromatic heterocycles. The van der Waals surface area contributed by atoms with E-state index in [4.69, 9.17) is 5.73 Å². The molecule has 0 heterocycles. The Hall–Kier alpha value is -0.860. The highest BCUT2D eigenvalue weighted by atomic mass is 14.9. The third kappa shape index (κ3) is 4.33. The monoisotopic (exact) mass is 220 g/mol. The molecular weight excluding hydrogens is 196 g/mol. The summed E-state index contributed by atoms with van der Waals surface area (Å²) in [6.45, 7) is 6.29. The second-order valence-electron chi connectivity index (χ2n) is 5.28. The van der Waals surface area contributed by atoms with Gasteiger partial charge in [0.1, 0.15) is 0 Å². The minimum Gasteiger partial charge on any atom is -0.326 e. The molecule has 1 atom stereocenters. The Kier molecular flexibility index (Phi) is 4.51. The zero-order chi connectivity index (χ0) is 12.2. The molecule has 90 valence electrons. The van der Waals surface area contributed by atoms with Gasteiger partial charge in [-0.15, -0.1) is 0 Å². The molecule has 2 heteroatoms. The fourth-order valence-corrected chi connectivity index (χ4v) is 1.88. The van der Waals surface area contributed by atoms with Crippen LogP contribution >= 0.6 is 0 Å². The zero-order valence-electron chi connectivity index (χ0n) is 10.9. The summed E-state index contributed by atoms with van der Waals surface area (Å²) in [5, 5.41) is 3.36. The van der Waals surface area contributed by atoms with Crippen LogP contribution in [0.25, 0.3) is 0 Å². The molecule has 1 rings (SSSR count). The van der Waals surface area contributed by atoms with Crippen LogP contribution in [0.2, 0.25) is 0 Å². The van der Waals surface area contributed by atoms with Crippen molar-refractivity contribution in [1.29, 1.82) is 0 Å². The summed E-state index contributed by atoms with van der Waals surface area (Å²) in [4.78, 5) is 0. The summed E-state index contributed by atoms with van der Waals surface area (Å²) < 4.78 is 0. The maximum absolute atomic E-state index is 6.02. The molecule has 1 unspecified atom stereocenters. The van der Waals surface area contributed by atoms with Crippen molar-refractivity contribution in [3.63, 3.8) is 0 Å². The smallest absolute Gasteiger partial charge is 0.0318 e. The molecule has 0 aliphatic carbocycles. The first-order chi connectivity index (χ1) is 7.42. The van der Waals surface area contributed by atoms with Crippen molar-refractivity contribution in [3.8, 4) is 0 Å². The van der Waals surface area contributed by atoms with Crippen LogP contribution in [-0.2, 0) is 0 Å². The van der Waals surface area contributed by atoms with Gasteiger partial charge in [0.25, 0.3) is 0 Å². The van der Waals surface area contributed by atoms with E-state index in [9.17, 15) is 0 Å². The fraction of sp³-hybridized carbons (Fsp3) is 0.571. The quantitative estimate of drug-likeness (QED) is 0.800. The van der Waals surface area contributed by atoms with Crippen LogP contribution in [0.4, 0.5) is 0 Å². The van der Waals surface area contributed by atoms with E-state index in [1.165, 1.54) is 11.1 Å². The lowest BCUT2D eigenvalue weighted by molar-refractivity contribution is 0.411. The van der Waals surface area contributed by atoms with Crippen molar-refractivity contribution in [3.05, 3.63) is 35.4 Å². The average molecular weight is 220 g/mol. The number of nitrogens with one attached hydrogen (secondary N) is 1. The number of rotatable bonds is 5. The predicted molar refractivity (Wildman–Crippen MR) is 70.5 cm³/mol. The van der Waals surface area contributed by atoms with E-state index in [0.717, 1.165) is 12.8 Å². The van der Waals surface area contributed by atoms with E-state index in [0.29, 0.717) is 6.04 Å². The van der Waals surface area contributed by atoms with Gasteiger partial charge < -0.3 is 11.1 Å². The SMILES string of the molecule is CNC(CCC(C)(C)N)c1cccc(C)c1. The molecule has 0 saturated heterocycles.